The summed E-state index contributed by atoms with van der Waals surface area (Å²) in [6.45, 7) is 0.583. The van der Waals surface area contributed by atoms with Crippen LogP contribution in [-0.2, 0) is 6.54 Å². The zero-order valence-corrected chi connectivity index (χ0v) is 17.2. The van der Waals surface area contributed by atoms with Crippen LogP contribution < -0.4 is 5.63 Å². The summed E-state index contributed by atoms with van der Waals surface area (Å²) in [6, 6.07) is 16.2. The Bertz CT molecular complexity index is 1380. The topological polar surface area (TPSA) is 75.2 Å². The van der Waals surface area contributed by atoms with Gasteiger partial charge in [0.25, 0.3) is 5.91 Å². The molecule has 30 heavy (non-hydrogen) atoms. The Labute approximate surface area is 179 Å². The molecular formula is C23H14BrN3O3. The Hall–Kier alpha value is -3.58. The number of allylic oxidation sites excluding steroid dienone is 2. The van der Waals surface area contributed by atoms with Gasteiger partial charge in [0.1, 0.15) is 17.0 Å². The summed E-state index contributed by atoms with van der Waals surface area (Å²) in [4.78, 5) is 36.1. The normalized spacial score (nSPS) is 16.6. The molecule has 7 heteroatoms. The Kier molecular flexibility index (Phi) is 4.52. The lowest BCUT2D eigenvalue weighted by atomic mass is 10.1. The highest BCUT2D eigenvalue weighted by atomic mass is 79.9. The standard InChI is InChI=1S/C23H14BrN3O3/c24-16-9-10-20-25-21(17-7-3-1-6-15(17)12-27(20)13-16)26-22(28)18-11-14-5-2-4-8-19(14)30-23(18)29/h1-11,13H,12H2. The van der Waals surface area contributed by atoms with E-state index in [0.717, 1.165) is 15.6 Å². The van der Waals surface area contributed by atoms with Crippen LogP contribution in [0.2, 0.25) is 0 Å². The van der Waals surface area contributed by atoms with Crippen LogP contribution >= 0.6 is 15.9 Å². The molecule has 0 atom stereocenters. The third-order valence-corrected chi connectivity index (χ3v) is 5.33. The van der Waals surface area contributed by atoms with Gasteiger partial charge in [0.05, 0.1) is 0 Å². The number of aliphatic imine (C=N–C) groups is 2. The zero-order chi connectivity index (χ0) is 20.7. The highest BCUT2D eigenvalue weighted by Crippen LogP contribution is 2.24. The summed E-state index contributed by atoms with van der Waals surface area (Å²) in [6.07, 6.45) is 5.65. The van der Waals surface area contributed by atoms with Crippen molar-refractivity contribution in [1.82, 2.24) is 4.90 Å². The molecule has 2 aromatic carbocycles. The van der Waals surface area contributed by atoms with Crippen LogP contribution in [-0.4, -0.2) is 22.5 Å². The summed E-state index contributed by atoms with van der Waals surface area (Å²) in [7, 11) is 0. The third-order valence-electron chi connectivity index (χ3n) is 4.86. The Morgan fingerprint density at radius 3 is 2.80 bits per heavy atom. The number of halogens is 1. The number of amidine groups is 2. The highest BCUT2D eigenvalue weighted by Gasteiger charge is 2.22. The zero-order valence-electron chi connectivity index (χ0n) is 15.6. The van der Waals surface area contributed by atoms with Crippen molar-refractivity contribution in [2.45, 2.75) is 6.54 Å². The van der Waals surface area contributed by atoms with Gasteiger partial charge in [-0.25, -0.2) is 9.79 Å². The molecular weight excluding hydrogens is 446 g/mol. The minimum absolute atomic E-state index is 0.123. The SMILES string of the molecule is O=C(N=C1N=C2C=CC(Br)=CN2Cc2ccccc21)c1cc2ccccc2oc1=O. The lowest BCUT2D eigenvalue weighted by Gasteiger charge is -2.21. The molecule has 0 aliphatic carbocycles. The lowest BCUT2D eigenvalue weighted by molar-refractivity contribution is 0.0999. The minimum Gasteiger partial charge on any atom is -0.422 e. The molecule has 0 saturated heterocycles. The van der Waals surface area contributed by atoms with Crippen LogP contribution in [0.3, 0.4) is 0 Å². The van der Waals surface area contributed by atoms with Crippen LogP contribution in [0.4, 0.5) is 0 Å². The van der Waals surface area contributed by atoms with Crippen molar-refractivity contribution in [1.29, 1.82) is 0 Å². The molecule has 2 aliphatic rings. The number of amides is 1. The van der Waals surface area contributed by atoms with E-state index in [1.807, 2.05) is 53.6 Å². The first-order valence-electron chi connectivity index (χ1n) is 9.23. The van der Waals surface area contributed by atoms with Gasteiger partial charge in [-0.3, -0.25) is 4.79 Å². The maximum Gasteiger partial charge on any atom is 0.349 e. The van der Waals surface area contributed by atoms with Crippen molar-refractivity contribution in [3.8, 4) is 0 Å². The fraction of sp³-hybridized carbons (Fsp3) is 0.0435. The molecule has 0 unspecified atom stereocenters. The van der Waals surface area contributed by atoms with E-state index in [1.54, 1.807) is 18.2 Å². The molecule has 6 nitrogen and oxygen atoms in total. The second-order valence-electron chi connectivity index (χ2n) is 6.83. The largest absolute Gasteiger partial charge is 0.422 e. The second kappa shape index (κ2) is 7.35. The molecule has 1 aromatic heterocycles. The smallest absolute Gasteiger partial charge is 0.349 e. The van der Waals surface area contributed by atoms with Crippen molar-refractivity contribution in [2.24, 2.45) is 9.98 Å². The predicted molar refractivity (Wildman–Crippen MR) is 119 cm³/mol. The molecule has 0 N–H and O–H groups in total. The van der Waals surface area contributed by atoms with Crippen molar-refractivity contribution < 1.29 is 9.21 Å². The molecule has 0 saturated carbocycles. The maximum atomic E-state index is 12.9. The van der Waals surface area contributed by atoms with Crippen molar-refractivity contribution in [3.05, 3.63) is 105 Å². The number of carbonyl (C=O) groups excluding carboxylic acids is 1. The Balaban J connectivity index is 1.64. The van der Waals surface area contributed by atoms with E-state index < -0.39 is 11.5 Å². The first-order chi connectivity index (χ1) is 14.6. The number of nitrogens with zero attached hydrogens (tertiary/aromatic N) is 3. The van der Waals surface area contributed by atoms with Gasteiger partial charge in [0.15, 0.2) is 5.84 Å². The van der Waals surface area contributed by atoms with Gasteiger partial charge in [0.2, 0.25) is 0 Å². The van der Waals surface area contributed by atoms with Gasteiger partial charge in [-0.1, -0.05) is 42.5 Å². The van der Waals surface area contributed by atoms with E-state index in [4.69, 9.17) is 4.42 Å². The first kappa shape index (κ1) is 18.4. The van der Waals surface area contributed by atoms with Crippen molar-refractivity contribution in [3.63, 3.8) is 0 Å². The summed E-state index contributed by atoms with van der Waals surface area (Å²) in [5, 5.41) is 0.657. The van der Waals surface area contributed by atoms with Crippen LogP contribution in [0.15, 0.2) is 96.6 Å². The van der Waals surface area contributed by atoms with Gasteiger partial charge in [0, 0.05) is 28.2 Å². The van der Waals surface area contributed by atoms with Crippen LogP contribution in [0, 0.1) is 0 Å². The van der Waals surface area contributed by atoms with Gasteiger partial charge in [-0.15, -0.1) is 0 Å². The molecule has 5 rings (SSSR count). The summed E-state index contributed by atoms with van der Waals surface area (Å²) >= 11 is 3.48. The van der Waals surface area contributed by atoms with E-state index in [1.165, 1.54) is 6.07 Å². The predicted octanol–water partition coefficient (Wildman–Crippen LogP) is 4.40. The number of hydrogen-bond donors (Lipinski definition) is 0. The van der Waals surface area contributed by atoms with Gasteiger partial charge >= 0.3 is 5.63 Å². The average molecular weight is 460 g/mol. The first-order valence-corrected chi connectivity index (χ1v) is 10.0. The molecule has 0 fully saturated rings. The van der Waals surface area contributed by atoms with E-state index >= 15 is 0 Å². The van der Waals surface area contributed by atoms with Crippen molar-refractivity contribution >= 4 is 44.5 Å². The van der Waals surface area contributed by atoms with Crippen LogP contribution in [0.1, 0.15) is 21.5 Å². The average Bonchev–Trinajstić information content (AvgIpc) is 2.89. The molecule has 2 aliphatic heterocycles. The van der Waals surface area contributed by atoms with Gasteiger partial charge in [-0.2, -0.15) is 4.99 Å². The Morgan fingerprint density at radius 1 is 1.10 bits per heavy atom. The van der Waals surface area contributed by atoms with Crippen LogP contribution in [0.5, 0.6) is 0 Å². The molecule has 0 spiro atoms. The minimum atomic E-state index is -0.719. The van der Waals surface area contributed by atoms with Crippen molar-refractivity contribution in [2.75, 3.05) is 0 Å². The molecule has 3 heterocycles. The molecule has 0 radical (unpaired) electrons. The summed E-state index contributed by atoms with van der Waals surface area (Å²) in [5.74, 6) is 0.233. The maximum absolute atomic E-state index is 12.9. The van der Waals surface area contributed by atoms with Crippen LogP contribution in [0.25, 0.3) is 11.0 Å². The Morgan fingerprint density at radius 2 is 1.90 bits per heavy atom. The third kappa shape index (κ3) is 3.33. The second-order valence-corrected chi connectivity index (χ2v) is 7.74. The molecule has 146 valence electrons. The van der Waals surface area contributed by atoms with E-state index in [-0.39, 0.29) is 11.4 Å². The monoisotopic (exact) mass is 459 g/mol. The molecule has 0 bridgehead atoms. The quantitative estimate of drug-likeness (QED) is 0.505. The van der Waals surface area contributed by atoms with Gasteiger partial charge in [-0.05, 0) is 45.8 Å². The summed E-state index contributed by atoms with van der Waals surface area (Å²) in [5.41, 5.74) is 1.30. The fourth-order valence-electron chi connectivity index (χ4n) is 3.42. The fourth-order valence-corrected chi connectivity index (χ4v) is 3.80. The van der Waals surface area contributed by atoms with E-state index in [2.05, 4.69) is 25.9 Å². The number of benzene rings is 2. The number of rotatable bonds is 1. The highest BCUT2D eigenvalue weighted by molar-refractivity contribution is 9.11. The number of para-hydroxylation sites is 1. The molecule has 1 amide bonds. The van der Waals surface area contributed by atoms with Gasteiger partial charge < -0.3 is 9.32 Å². The van der Waals surface area contributed by atoms with E-state index in [0.29, 0.717) is 23.3 Å². The lowest BCUT2D eigenvalue weighted by Crippen LogP contribution is -2.25. The molecule has 3 aromatic rings. The number of hydrogen-bond acceptors (Lipinski definition) is 4. The number of fused-ring (bicyclic) bond motifs is 3. The number of carbonyl (C=O) groups is 1. The summed E-state index contributed by atoms with van der Waals surface area (Å²) < 4.78 is 6.20. The van der Waals surface area contributed by atoms with E-state index in [9.17, 15) is 9.59 Å².